The molecule has 2 aromatic carbocycles. The van der Waals surface area contributed by atoms with E-state index in [0.29, 0.717) is 23.7 Å². The third kappa shape index (κ3) is 4.19. The molecule has 0 aliphatic rings. The zero-order chi connectivity index (χ0) is 18.0. The van der Waals surface area contributed by atoms with E-state index in [9.17, 15) is 13.2 Å². The predicted molar refractivity (Wildman–Crippen MR) is 97.2 cm³/mol. The first kappa shape index (κ1) is 17.5. The molecular formula is C17H16ClN3O3S. The van der Waals surface area contributed by atoms with E-state index in [-0.39, 0.29) is 10.8 Å². The molecule has 8 heteroatoms. The molecule has 0 spiro atoms. The van der Waals surface area contributed by atoms with Gasteiger partial charge in [0.25, 0.3) is 5.91 Å². The Morgan fingerprint density at radius 1 is 1.12 bits per heavy atom. The number of sulfonamides is 1. The summed E-state index contributed by atoms with van der Waals surface area (Å²) in [6.07, 6.45) is 0.572. The quantitative estimate of drug-likeness (QED) is 0.635. The topological polar surface area (TPSA) is 105 Å². The Labute approximate surface area is 150 Å². The maximum Gasteiger partial charge on any atom is 0.267 e. The molecule has 0 bridgehead atoms. The smallest absolute Gasteiger partial charge is 0.267 e. The number of benzene rings is 2. The van der Waals surface area contributed by atoms with E-state index in [1.165, 1.54) is 12.1 Å². The molecule has 0 aliphatic carbocycles. The Balaban J connectivity index is 1.60. The molecule has 3 aromatic rings. The molecule has 0 saturated heterocycles. The maximum atomic E-state index is 12.2. The van der Waals surface area contributed by atoms with Crippen molar-refractivity contribution in [3.8, 4) is 0 Å². The summed E-state index contributed by atoms with van der Waals surface area (Å²) in [5, 5.41) is 9.36. The van der Waals surface area contributed by atoms with Crippen LogP contribution in [0.25, 0.3) is 10.9 Å². The first-order chi connectivity index (χ1) is 11.8. The summed E-state index contributed by atoms with van der Waals surface area (Å²) < 4.78 is 22.4. The minimum atomic E-state index is -3.69. The number of aromatic amines is 1. The molecule has 0 atom stereocenters. The molecule has 1 aromatic heterocycles. The largest absolute Gasteiger partial charge is 0.351 e. The number of amides is 1. The van der Waals surface area contributed by atoms with Crippen LogP contribution in [-0.4, -0.2) is 25.9 Å². The zero-order valence-electron chi connectivity index (χ0n) is 13.1. The van der Waals surface area contributed by atoms with E-state index < -0.39 is 10.0 Å². The van der Waals surface area contributed by atoms with Gasteiger partial charge in [-0.2, -0.15) is 0 Å². The number of halogens is 1. The summed E-state index contributed by atoms with van der Waals surface area (Å²) in [7, 11) is -3.69. The summed E-state index contributed by atoms with van der Waals surface area (Å²) in [4.78, 5) is 15.3. The Morgan fingerprint density at radius 2 is 1.84 bits per heavy atom. The van der Waals surface area contributed by atoms with Crippen LogP contribution in [0.1, 0.15) is 16.1 Å². The first-order valence-corrected chi connectivity index (χ1v) is 9.43. The van der Waals surface area contributed by atoms with Gasteiger partial charge >= 0.3 is 0 Å². The SMILES string of the molecule is NS(=O)(=O)c1ccc(CCNC(=O)c2cc3cc(Cl)ccc3[nH]2)cc1. The second-order valence-corrected chi connectivity index (χ2v) is 7.61. The van der Waals surface area contributed by atoms with Gasteiger partial charge in [0, 0.05) is 22.5 Å². The average molecular weight is 378 g/mol. The molecule has 1 heterocycles. The lowest BCUT2D eigenvalue weighted by Crippen LogP contribution is -2.25. The van der Waals surface area contributed by atoms with Crippen molar-refractivity contribution in [1.29, 1.82) is 0 Å². The van der Waals surface area contributed by atoms with Crippen LogP contribution >= 0.6 is 11.6 Å². The number of fused-ring (bicyclic) bond motifs is 1. The number of carbonyl (C=O) groups is 1. The number of aromatic nitrogens is 1. The Hall–Kier alpha value is -2.35. The third-order valence-corrected chi connectivity index (χ3v) is 4.94. The van der Waals surface area contributed by atoms with Crippen molar-refractivity contribution in [3.63, 3.8) is 0 Å². The summed E-state index contributed by atoms with van der Waals surface area (Å²) in [5.41, 5.74) is 2.20. The monoisotopic (exact) mass is 377 g/mol. The number of hydrogen-bond donors (Lipinski definition) is 3. The van der Waals surface area contributed by atoms with Gasteiger partial charge in [-0.05, 0) is 48.4 Å². The van der Waals surface area contributed by atoms with Gasteiger partial charge in [0.15, 0.2) is 0 Å². The highest BCUT2D eigenvalue weighted by Gasteiger charge is 2.10. The summed E-state index contributed by atoms with van der Waals surface area (Å²) in [6.45, 7) is 0.420. The first-order valence-electron chi connectivity index (χ1n) is 7.51. The van der Waals surface area contributed by atoms with Crippen LogP contribution in [-0.2, 0) is 16.4 Å². The van der Waals surface area contributed by atoms with Gasteiger partial charge in [0.05, 0.1) is 4.90 Å². The van der Waals surface area contributed by atoms with Crippen LogP contribution in [0.3, 0.4) is 0 Å². The van der Waals surface area contributed by atoms with Crippen LogP contribution in [0.2, 0.25) is 5.02 Å². The van der Waals surface area contributed by atoms with Gasteiger partial charge in [-0.3, -0.25) is 4.79 Å². The predicted octanol–water partition coefficient (Wildman–Crippen LogP) is 2.44. The Morgan fingerprint density at radius 3 is 2.52 bits per heavy atom. The molecule has 4 N–H and O–H groups in total. The maximum absolute atomic E-state index is 12.2. The molecule has 0 aliphatic heterocycles. The van der Waals surface area contributed by atoms with Crippen molar-refractivity contribution in [3.05, 3.63) is 64.8 Å². The normalized spacial score (nSPS) is 11.6. The van der Waals surface area contributed by atoms with Crippen molar-refractivity contribution in [2.24, 2.45) is 5.14 Å². The van der Waals surface area contributed by atoms with Gasteiger partial charge in [-0.25, -0.2) is 13.6 Å². The Bertz CT molecular complexity index is 1030. The molecule has 0 fully saturated rings. The number of nitrogens with one attached hydrogen (secondary N) is 2. The van der Waals surface area contributed by atoms with E-state index >= 15 is 0 Å². The number of H-pyrrole nitrogens is 1. The fourth-order valence-corrected chi connectivity index (χ4v) is 3.18. The summed E-state index contributed by atoms with van der Waals surface area (Å²) in [5.74, 6) is -0.214. The van der Waals surface area contributed by atoms with Crippen LogP contribution < -0.4 is 10.5 Å². The van der Waals surface area contributed by atoms with Crippen LogP contribution in [0.4, 0.5) is 0 Å². The summed E-state index contributed by atoms with van der Waals surface area (Å²) in [6, 6.07) is 13.4. The third-order valence-electron chi connectivity index (χ3n) is 3.78. The number of primary sulfonamides is 1. The van der Waals surface area contributed by atoms with Gasteiger partial charge in [-0.15, -0.1) is 0 Å². The minimum absolute atomic E-state index is 0.0667. The average Bonchev–Trinajstić information content (AvgIpc) is 2.97. The number of rotatable bonds is 5. The number of hydrogen-bond acceptors (Lipinski definition) is 3. The lowest BCUT2D eigenvalue weighted by Gasteiger charge is -2.05. The molecule has 0 unspecified atom stereocenters. The highest BCUT2D eigenvalue weighted by molar-refractivity contribution is 7.89. The van der Waals surface area contributed by atoms with Gasteiger partial charge < -0.3 is 10.3 Å². The fourth-order valence-electron chi connectivity index (χ4n) is 2.49. The molecule has 130 valence electrons. The minimum Gasteiger partial charge on any atom is -0.351 e. The standard InChI is InChI=1S/C17H16ClN3O3S/c18-13-3-6-15-12(9-13)10-16(21-15)17(22)20-8-7-11-1-4-14(5-2-11)25(19,23)24/h1-6,9-10,21H,7-8H2,(H,20,22)(H2,19,23,24). The highest BCUT2D eigenvalue weighted by Crippen LogP contribution is 2.20. The van der Waals surface area contributed by atoms with E-state index in [2.05, 4.69) is 10.3 Å². The Kier molecular flexibility index (Phi) is 4.80. The van der Waals surface area contributed by atoms with E-state index in [1.54, 1.807) is 30.3 Å². The zero-order valence-corrected chi connectivity index (χ0v) is 14.7. The van der Waals surface area contributed by atoms with Crippen LogP contribution in [0.5, 0.6) is 0 Å². The fraction of sp³-hybridized carbons (Fsp3) is 0.118. The number of nitrogens with two attached hydrogens (primary N) is 1. The van der Waals surface area contributed by atoms with Crippen molar-refractivity contribution >= 4 is 38.4 Å². The van der Waals surface area contributed by atoms with Gasteiger partial charge in [-0.1, -0.05) is 23.7 Å². The van der Waals surface area contributed by atoms with Crippen molar-refractivity contribution in [2.45, 2.75) is 11.3 Å². The second-order valence-electron chi connectivity index (χ2n) is 5.61. The molecule has 0 radical (unpaired) electrons. The molecule has 25 heavy (non-hydrogen) atoms. The molecule has 0 saturated carbocycles. The van der Waals surface area contributed by atoms with Crippen LogP contribution in [0, 0.1) is 0 Å². The lowest BCUT2D eigenvalue weighted by atomic mass is 10.1. The van der Waals surface area contributed by atoms with Crippen molar-refractivity contribution in [1.82, 2.24) is 10.3 Å². The highest BCUT2D eigenvalue weighted by atomic mass is 35.5. The van der Waals surface area contributed by atoms with Crippen molar-refractivity contribution < 1.29 is 13.2 Å². The second kappa shape index (κ2) is 6.87. The molecule has 3 rings (SSSR count). The lowest BCUT2D eigenvalue weighted by molar-refractivity contribution is 0.0950. The van der Waals surface area contributed by atoms with E-state index in [0.717, 1.165) is 16.5 Å². The van der Waals surface area contributed by atoms with Gasteiger partial charge in [0.1, 0.15) is 5.69 Å². The van der Waals surface area contributed by atoms with E-state index in [1.807, 2.05) is 6.07 Å². The number of carbonyl (C=O) groups excluding carboxylic acids is 1. The van der Waals surface area contributed by atoms with Crippen LogP contribution in [0.15, 0.2) is 53.4 Å². The molecule has 6 nitrogen and oxygen atoms in total. The van der Waals surface area contributed by atoms with Gasteiger partial charge in [0.2, 0.25) is 10.0 Å². The molecular weight excluding hydrogens is 362 g/mol. The summed E-state index contributed by atoms with van der Waals surface area (Å²) >= 11 is 5.94. The van der Waals surface area contributed by atoms with E-state index in [4.69, 9.17) is 16.7 Å². The van der Waals surface area contributed by atoms with Crippen molar-refractivity contribution in [2.75, 3.05) is 6.54 Å². The molecule has 1 amide bonds.